The molecule has 6 heavy (non-hydrogen) atoms. The Bertz CT molecular complexity index is 19.0. The van der Waals surface area contributed by atoms with Crippen LogP contribution in [0.25, 0.3) is 0 Å². The van der Waals surface area contributed by atoms with Crippen LogP contribution in [0.4, 0.5) is 0 Å². The SMILES string of the molecule is CN.O=CO.[Pd]. The van der Waals surface area contributed by atoms with Crippen LogP contribution in [0.2, 0.25) is 0 Å². The summed E-state index contributed by atoms with van der Waals surface area (Å²) in [5, 5.41) is 6.89. The minimum Gasteiger partial charge on any atom is -0.483 e. The van der Waals surface area contributed by atoms with Crippen molar-refractivity contribution in [3.8, 4) is 0 Å². The molecule has 0 atom stereocenters. The van der Waals surface area contributed by atoms with Gasteiger partial charge >= 0.3 is 0 Å². The first-order chi connectivity index (χ1) is 2.41. The van der Waals surface area contributed by atoms with Gasteiger partial charge in [0.25, 0.3) is 6.47 Å². The molecule has 0 saturated carbocycles. The fourth-order valence-electron chi connectivity index (χ4n) is 0. The summed E-state index contributed by atoms with van der Waals surface area (Å²) in [7, 11) is 1.50. The van der Waals surface area contributed by atoms with Crippen LogP contribution in [0.15, 0.2) is 0 Å². The van der Waals surface area contributed by atoms with E-state index in [0.29, 0.717) is 0 Å². The third-order valence-corrected chi connectivity index (χ3v) is 0. The molecule has 0 saturated heterocycles. The predicted octanol–water partition coefficient (Wildman–Crippen LogP) is -0.727. The summed E-state index contributed by atoms with van der Waals surface area (Å²) in [6.07, 6.45) is 0. The average molecular weight is 184 g/mol. The van der Waals surface area contributed by atoms with Gasteiger partial charge in [0.15, 0.2) is 0 Å². The van der Waals surface area contributed by atoms with E-state index in [9.17, 15) is 0 Å². The molecule has 0 heterocycles. The number of hydrogen-bond acceptors (Lipinski definition) is 2. The molecule has 0 aromatic carbocycles. The van der Waals surface area contributed by atoms with Crippen molar-refractivity contribution in [3.05, 3.63) is 0 Å². The number of nitrogens with two attached hydrogens (primary N) is 1. The van der Waals surface area contributed by atoms with Crippen LogP contribution in [0, 0.1) is 0 Å². The number of carboxylic acid groups (broad SMARTS) is 1. The molecule has 0 spiro atoms. The fraction of sp³-hybridized carbons (Fsp3) is 0.500. The largest absolute Gasteiger partial charge is 0.483 e. The molecule has 0 aromatic rings. The Kier molecular flexibility index (Phi) is 197. The third kappa shape index (κ3) is 4590. The zero-order valence-corrected chi connectivity index (χ0v) is 4.88. The van der Waals surface area contributed by atoms with Crippen molar-refractivity contribution in [2.24, 2.45) is 5.73 Å². The molecular weight excluding hydrogens is 176 g/mol. The van der Waals surface area contributed by atoms with E-state index in [4.69, 9.17) is 9.90 Å². The first kappa shape index (κ1) is 16.5. The molecular formula is C2H7NO2Pd. The zero-order valence-electron chi connectivity index (χ0n) is 3.33. The summed E-state index contributed by atoms with van der Waals surface area (Å²) < 4.78 is 0. The summed E-state index contributed by atoms with van der Waals surface area (Å²) in [4.78, 5) is 8.36. The Hall–Kier alpha value is 0.0923. The molecule has 0 fully saturated rings. The maximum absolute atomic E-state index is 8.36. The summed E-state index contributed by atoms with van der Waals surface area (Å²) >= 11 is 0. The van der Waals surface area contributed by atoms with Gasteiger partial charge in [0, 0.05) is 20.4 Å². The van der Waals surface area contributed by atoms with Crippen molar-refractivity contribution < 1.29 is 30.3 Å². The van der Waals surface area contributed by atoms with Crippen LogP contribution < -0.4 is 5.73 Å². The molecule has 0 radical (unpaired) electrons. The quantitative estimate of drug-likeness (QED) is 0.385. The number of rotatable bonds is 0. The van der Waals surface area contributed by atoms with E-state index >= 15 is 0 Å². The summed E-state index contributed by atoms with van der Waals surface area (Å²) in [5.74, 6) is 0. The summed E-state index contributed by atoms with van der Waals surface area (Å²) in [6, 6.07) is 0. The predicted molar refractivity (Wildman–Crippen MR) is 18.8 cm³/mol. The molecule has 0 aromatic heterocycles. The molecule has 3 nitrogen and oxygen atoms in total. The van der Waals surface area contributed by atoms with Gasteiger partial charge in [-0.05, 0) is 7.05 Å². The Balaban J connectivity index is -0.0000000275. The van der Waals surface area contributed by atoms with E-state index in [0.717, 1.165) is 0 Å². The van der Waals surface area contributed by atoms with Crippen molar-refractivity contribution in [1.82, 2.24) is 0 Å². The number of carbonyl (C=O) groups is 1. The second-order valence-corrected chi connectivity index (χ2v) is 0.105. The molecule has 0 aliphatic rings. The fourth-order valence-corrected chi connectivity index (χ4v) is 0. The molecule has 0 aliphatic heterocycles. The van der Waals surface area contributed by atoms with Crippen molar-refractivity contribution in [2.45, 2.75) is 0 Å². The minimum absolute atomic E-state index is 0. The van der Waals surface area contributed by atoms with Crippen LogP contribution in [0.3, 0.4) is 0 Å². The second kappa shape index (κ2) is 71.5. The van der Waals surface area contributed by atoms with E-state index in [-0.39, 0.29) is 26.9 Å². The van der Waals surface area contributed by atoms with Crippen molar-refractivity contribution in [1.29, 1.82) is 0 Å². The normalized spacial score (nSPS) is 3.00. The van der Waals surface area contributed by atoms with Gasteiger partial charge in [-0.15, -0.1) is 0 Å². The Morgan fingerprint density at radius 1 is 1.67 bits per heavy atom. The minimum atomic E-state index is -0.250. The van der Waals surface area contributed by atoms with E-state index in [1.54, 1.807) is 0 Å². The Morgan fingerprint density at radius 2 is 1.67 bits per heavy atom. The third-order valence-electron chi connectivity index (χ3n) is 0. The zero-order chi connectivity index (χ0) is 4.71. The number of hydrogen-bond donors (Lipinski definition) is 2. The van der Waals surface area contributed by atoms with Gasteiger partial charge in [-0.1, -0.05) is 0 Å². The first-order valence-electron chi connectivity index (χ1n) is 1.07. The Morgan fingerprint density at radius 3 is 1.67 bits per heavy atom. The van der Waals surface area contributed by atoms with Crippen LogP contribution in [-0.4, -0.2) is 18.6 Å². The smallest absolute Gasteiger partial charge is 0.290 e. The van der Waals surface area contributed by atoms with Crippen LogP contribution in [0.1, 0.15) is 0 Å². The molecule has 3 N–H and O–H groups in total. The van der Waals surface area contributed by atoms with Gasteiger partial charge in [-0.3, -0.25) is 4.79 Å². The second-order valence-electron chi connectivity index (χ2n) is 0.105. The van der Waals surface area contributed by atoms with E-state index in [1.807, 2.05) is 0 Å². The van der Waals surface area contributed by atoms with Gasteiger partial charge < -0.3 is 10.8 Å². The summed E-state index contributed by atoms with van der Waals surface area (Å²) in [5.41, 5.74) is 4.50. The average Bonchev–Trinajstić information content (AvgIpc) is 1.46. The van der Waals surface area contributed by atoms with Crippen LogP contribution in [0.5, 0.6) is 0 Å². The van der Waals surface area contributed by atoms with Crippen LogP contribution in [-0.2, 0) is 25.2 Å². The molecule has 0 rings (SSSR count). The van der Waals surface area contributed by atoms with Crippen LogP contribution >= 0.6 is 0 Å². The van der Waals surface area contributed by atoms with Crippen molar-refractivity contribution in [2.75, 3.05) is 7.05 Å². The van der Waals surface area contributed by atoms with Crippen molar-refractivity contribution >= 4 is 6.47 Å². The van der Waals surface area contributed by atoms with E-state index in [2.05, 4.69) is 5.73 Å². The first-order valence-corrected chi connectivity index (χ1v) is 1.07. The van der Waals surface area contributed by atoms with E-state index in [1.165, 1.54) is 7.05 Å². The molecule has 0 aliphatic carbocycles. The van der Waals surface area contributed by atoms with Gasteiger partial charge in [-0.2, -0.15) is 0 Å². The maximum atomic E-state index is 8.36. The molecule has 4 heteroatoms. The van der Waals surface area contributed by atoms with Gasteiger partial charge in [0.05, 0.1) is 0 Å². The Labute approximate surface area is 50.2 Å². The van der Waals surface area contributed by atoms with Gasteiger partial charge in [-0.25, -0.2) is 0 Å². The van der Waals surface area contributed by atoms with Gasteiger partial charge in [0.2, 0.25) is 0 Å². The molecule has 0 bridgehead atoms. The standard InChI is InChI=1S/CH5N.CH2O2.Pd/c1-2;2-1-3;/h2H2,1H3;1H,(H,2,3);. The molecule has 42 valence electrons. The summed E-state index contributed by atoms with van der Waals surface area (Å²) in [6.45, 7) is -0.250. The molecule has 0 unspecified atom stereocenters. The molecule has 0 amide bonds. The van der Waals surface area contributed by atoms with Crippen molar-refractivity contribution in [3.63, 3.8) is 0 Å². The van der Waals surface area contributed by atoms with Gasteiger partial charge in [0.1, 0.15) is 0 Å². The topological polar surface area (TPSA) is 63.3 Å². The monoisotopic (exact) mass is 183 g/mol. The van der Waals surface area contributed by atoms with E-state index < -0.39 is 0 Å². The maximum Gasteiger partial charge on any atom is 0.290 e.